The van der Waals surface area contributed by atoms with Gasteiger partial charge < -0.3 is 10.6 Å². The zero-order valence-electron chi connectivity index (χ0n) is 8.66. The lowest BCUT2D eigenvalue weighted by Gasteiger charge is -2.11. The molecule has 0 saturated carbocycles. The van der Waals surface area contributed by atoms with E-state index in [9.17, 15) is 0 Å². The zero-order chi connectivity index (χ0) is 9.80. The van der Waals surface area contributed by atoms with Crippen LogP contribution in [0, 0.1) is 0 Å². The summed E-state index contributed by atoms with van der Waals surface area (Å²) in [5, 5.41) is 11.0. The van der Waals surface area contributed by atoms with E-state index in [4.69, 9.17) is 0 Å². The Hall–Kier alpha value is -0.870. The molecule has 0 amide bonds. The molecule has 2 N–H and O–H groups in total. The molecule has 0 bridgehead atoms. The molecule has 0 aromatic carbocycles. The van der Waals surface area contributed by atoms with Crippen LogP contribution in [0.2, 0.25) is 0 Å². The number of aromatic nitrogens is 2. The van der Waals surface area contributed by atoms with Crippen LogP contribution in [0.25, 0.3) is 0 Å². The summed E-state index contributed by atoms with van der Waals surface area (Å²) in [6.45, 7) is 3.15. The first-order valence-electron chi connectivity index (χ1n) is 5.27. The van der Waals surface area contributed by atoms with Crippen molar-refractivity contribution >= 4 is 0 Å². The third-order valence-corrected chi connectivity index (χ3v) is 2.78. The lowest BCUT2D eigenvalue weighted by Crippen LogP contribution is -2.33. The van der Waals surface area contributed by atoms with E-state index in [0.29, 0.717) is 6.04 Å². The van der Waals surface area contributed by atoms with Crippen LogP contribution in [0.15, 0.2) is 12.3 Å². The van der Waals surface area contributed by atoms with Gasteiger partial charge in [-0.25, -0.2) is 0 Å². The van der Waals surface area contributed by atoms with Crippen LogP contribution in [0.3, 0.4) is 0 Å². The maximum atomic E-state index is 4.13. The van der Waals surface area contributed by atoms with E-state index in [1.54, 1.807) is 0 Å². The SMILES string of the molecule is Cn1nccc1CNCC1CCCN1. The van der Waals surface area contributed by atoms with Gasteiger partial charge in [-0.3, -0.25) is 4.68 Å². The van der Waals surface area contributed by atoms with Crippen LogP contribution in [-0.2, 0) is 13.6 Å². The summed E-state index contributed by atoms with van der Waals surface area (Å²) in [5.74, 6) is 0. The van der Waals surface area contributed by atoms with Crippen molar-refractivity contribution in [1.82, 2.24) is 20.4 Å². The van der Waals surface area contributed by atoms with Gasteiger partial charge in [0, 0.05) is 32.4 Å². The standard InChI is InChI=1S/C10H18N4/c1-14-10(4-6-13-14)8-11-7-9-3-2-5-12-9/h4,6,9,11-12H,2-3,5,7-8H2,1H3. The molecule has 0 radical (unpaired) electrons. The minimum atomic E-state index is 0.670. The Morgan fingerprint density at radius 1 is 1.71 bits per heavy atom. The molecule has 1 aromatic heterocycles. The van der Waals surface area contributed by atoms with Gasteiger partial charge in [0.05, 0.1) is 5.69 Å². The molecule has 2 heterocycles. The third kappa shape index (κ3) is 2.33. The average molecular weight is 194 g/mol. The monoisotopic (exact) mass is 194 g/mol. The molecule has 14 heavy (non-hydrogen) atoms. The van der Waals surface area contributed by atoms with Gasteiger partial charge in [-0.1, -0.05) is 0 Å². The van der Waals surface area contributed by atoms with Crippen LogP contribution >= 0.6 is 0 Å². The van der Waals surface area contributed by atoms with E-state index in [1.807, 2.05) is 17.9 Å². The highest BCUT2D eigenvalue weighted by atomic mass is 15.3. The van der Waals surface area contributed by atoms with Gasteiger partial charge in [-0.2, -0.15) is 5.10 Å². The molecule has 1 unspecified atom stereocenters. The second-order valence-electron chi connectivity index (χ2n) is 3.87. The fourth-order valence-corrected chi connectivity index (χ4v) is 1.88. The van der Waals surface area contributed by atoms with Gasteiger partial charge in [0.1, 0.15) is 0 Å². The minimum absolute atomic E-state index is 0.670. The predicted molar refractivity (Wildman–Crippen MR) is 55.9 cm³/mol. The summed E-state index contributed by atoms with van der Waals surface area (Å²) in [6.07, 6.45) is 4.46. The van der Waals surface area contributed by atoms with Crippen molar-refractivity contribution in [2.45, 2.75) is 25.4 Å². The Balaban J connectivity index is 1.70. The summed E-state index contributed by atoms with van der Waals surface area (Å²) in [5.41, 5.74) is 1.24. The van der Waals surface area contributed by atoms with Crippen molar-refractivity contribution in [3.63, 3.8) is 0 Å². The zero-order valence-corrected chi connectivity index (χ0v) is 8.66. The van der Waals surface area contributed by atoms with Crippen LogP contribution in [0.1, 0.15) is 18.5 Å². The first kappa shape index (κ1) is 9.68. The van der Waals surface area contributed by atoms with Gasteiger partial charge in [0.2, 0.25) is 0 Å². The lowest BCUT2D eigenvalue weighted by atomic mass is 10.2. The molecule has 78 valence electrons. The molecule has 0 aliphatic carbocycles. The number of nitrogens with one attached hydrogen (secondary N) is 2. The molecule has 1 aliphatic rings. The van der Waals surface area contributed by atoms with Gasteiger partial charge in [-0.05, 0) is 25.5 Å². The Kier molecular flexibility index (Phi) is 3.16. The highest BCUT2D eigenvalue weighted by Gasteiger charge is 2.12. The van der Waals surface area contributed by atoms with Crippen LogP contribution in [-0.4, -0.2) is 28.9 Å². The van der Waals surface area contributed by atoms with Crippen molar-refractivity contribution in [3.8, 4) is 0 Å². The average Bonchev–Trinajstić information content (AvgIpc) is 2.78. The topological polar surface area (TPSA) is 41.9 Å². The molecular weight excluding hydrogens is 176 g/mol. The van der Waals surface area contributed by atoms with Crippen molar-refractivity contribution < 1.29 is 0 Å². The number of hydrogen-bond donors (Lipinski definition) is 2. The van der Waals surface area contributed by atoms with Gasteiger partial charge in [-0.15, -0.1) is 0 Å². The van der Waals surface area contributed by atoms with E-state index >= 15 is 0 Å². The maximum Gasteiger partial charge on any atom is 0.0518 e. The summed E-state index contributed by atoms with van der Waals surface area (Å²) >= 11 is 0. The van der Waals surface area contributed by atoms with Gasteiger partial charge in [0.25, 0.3) is 0 Å². The molecular formula is C10H18N4. The largest absolute Gasteiger partial charge is 0.313 e. The summed E-state index contributed by atoms with van der Waals surface area (Å²) < 4.78 is 1.91. The smallest absolute Gasteiger partial charge is 0.0518 e. The molecule has 1 fully saturated rings. The van der Waals surface area contributed by atoms with Crippen molar-refractivity contribution in [2.75, 3.05) is 13.1 Å². The number of rotatable bonds is 4. The maximum absolute atomic E-state index is 4.13. The van der Waals surface area contributed by atoms with Gasteiger partial charge in [0.15, 0.2) is 0 Å². The Morgan fingerprint density at radius 2 is 2.64 bits per heavy atom. The summed E-state index contributed by atoms with van der Waals surface area (Å²) in [7, 11) is 1.98. The molecule has 1 atom stereocenters. The van der Waals surface area contributed by atoms with Gasteiger partial charge >= 0.3 is 0 Å². The van der Waals surface area contributed by atoms with Crippen LogP contribution < -0.4 is 10.6 Å². The third-order valence-electron chi connectivity index (χ3n) is 2.78. The normalized spacial score (nSPS) is 21.6. The van der Waals surface area contributed by atoms with E-state index in [0.717, 1.165) is 13.1 Å². The first-order chi connectivity index (χ1) is 6.86. The number of hydrogen-bond acceptors (Lipinski definition) is 3. The van der Waals surface area contributed by atoms with Crippen molar-refractivity contribution in [1.29, 1.82) is 0 Å². The molecule has 2 rings (SSSR count). The van der Waals surface area contributed by atoms with E-state index in [-0.39, 0.29) is 0 Å². The second kappa shape index (κ2) is 4.57. The van der Waals surface area contributed by atoms with Crippen molar-refractivity contribution in [2.24, 2.45) is 7.05 Å². The Labute approximate surface area is 84.7 Å². The molecule has 1 saturated heterocycles. The van der Waals surface area contributed by atoms with Crippen molar-refractivity contribution in [3.05, 3.63) is 18.0 Å². The molecule has 0 spiro atoms. The molecule has 4 heteroatoms. The quantitative estimate of drug-likeness (QED) is 0.722. The van der Waals surface area contributed by atoms with E-state index < -0.39 is 0 Å². The second-order valence-corrected chi connectivity index (χ2v) is 3.87. The van der Waals surface area contributed by atoms with E-state index in [1.165, 1.54) is 25.1 Å². The van der Waals surface area contributed by atoms with E-state index in [2.05, 4.69) is 21.8 Å². The lowest BCUT2D eigenvalue weighted by molar-refractivity contribution is 0.524. The number of aryl methyl sites for hydroxylation is 1. The minimum Gasteiger partial charge on any atom is -0.313 e. The summed E-state index contributed by atoms with van der Waals surface area (Å²) in [6, 6.07) is 2.72. The first-order valence-corrected chi connectivity index (χ1v) is 5.27. The molecule has 4 nitrogen and oxygen atoms in total. The highest BCUT2D eigenvalue weighted by molar-refractivity contribution is 4.99. The molecule has 1 aliphatic heterocycles. The Morgan fingerprint density at radius 3 is 3.29 bits per heavy atom. The summed E-state index contributed by atoms with van der Waals surface area (Å²) in [4.78, 5) is 0. The van der Waals surface area contributed by atoms with Crippen LogP contribution in [0.4, 0.5) is 0 Å². The highest BCUT2D eigenvalue weighted by Crippen LogP contribution is 2.03. The fourth-order valence-electron chi connectivity index (χ4n) is 1.88. The fraction of sp³-hybridized carbons (Fsp3) is 0.700. The van der Waals surface area contributed by atoms with Crippen LogP contribution in [0.5, 0.6) is 0 Å². The Bertz CT molecular complexity index is 275. The number of nitrogens with zero attached hydrogens (tertiary/aromatic N) is 2. The predicted octanol–water partition coefficient (Wildman–Crippen LogP) is 0.262. The molecule has 1 aromatic rings.